The minimum atomic E-state index is -0.959. The van der Waals surface area contributed by atoms with Crippen LogP contribution in [0, 0.1) is 0 Å². The average Bonchev–Trinajstić information content (AvgIpc) is 2.95. The highest BCUT2D eigenvalue weighted by atomic mass is 16.5. The zero-order valence-electron chi connectivity index (χ0n) is 12.6. The summed E-state index contributed by atoms with van der Waals surface area (Å²) in [6.07, 6.45) is 0.685. The van der Waals surface area contributed by atoms with Crippen molar-refractivity contribution in [1.82, 2.24) is 4.98 Å². The summed E-state index contributed by atoms with van der Waals surface area (Å²) in [5.41, 5.74) is 2.97. The van der Waals surface area contributed by atoms with Gasteiger partial charge in [0.05, 0.1) is 18.7 Å². The van der Waals surface area contributed by atoms with Crippen LogP contribution < -0.4 is 0 Å². The summed E-state index contributed by atoms with van der Waals surface area (Å²) >= 11 is 0. The van der Waals surface area contributed by atoms with Crippen LogP contribution in [0.4, 0.5) is 0 Å². The second kappa shape index (κ2) is 5.25. The number of fused-ring (bicyclic) bond motifs is 3. The third-order valence-electron chi connectivity index (χ3n) is 4.56. The molecule has 3 aromatic rings. The van der Waals surface area contributed by atoms with Gasteiger partial charge in [-0.05, 0) is 23.6 Å². The standard InChI is InChI=1S/C19H17NO3/c21-17(22)12-19(13-6-2-1-3-7-13)18-15(10-11-23-19)14-8-4-5-9-16(14)20-18/h1-9,20H,10-12H2,(H,21,22). The number of aliphatic carboxylic acids is 1. The lowest BCUT2D eigenvalue weighted by molar-refractivity contribution is -0.144. The van der Waals surface area contributed by atoms with E-state index in [-0.39, 0.29) is 6.42 Å². The zero-order valence-corrected chi connectivity index (χ0v) is 12.6. The molecule has 0 spiro atoms. The van der Waals surface area contributed by atoms with E-state index in [4.69, 9.17) is 4.74 Å². The molecule has 2 aromatic carbocycles. The van der Waals surface area contributed by atoms with Gasteiger partial charge in [-0.2, -0.15) is 0 Å². The van der Waals surface area contributed by atoms with Gasteiger partial charge in [-0.25, -0.2) is 0 Å². The van der Waals surface area contributed by atoms with Crippen molar-refractivity contribution in [2.45, 2.75) is 18.4 Å². The molecule has 2 heterocycles. The Morgan fingerprint density at radius 2 is 1.87 bits per heavy atom. The first-order chi connectivity index (χ1) is 11.2. The highest BCUT2D eigenvalue weighted by Gasteiger charge is 2.43. The molecule has 1 aromatic heterocycles. The number of aromatic amines is 1. The number of carboxylic acid groups (broad SMARTS) is 1. The molecule has 1 atom stereocenters. The Kier molecular flexibility index (Phi) is 3.20. The molecule has 4 heteroatoms. The van der Waals surface area contributed by atoms with Gasteiger partial charge in [-0.15, -0.1) is 0 Å². The summed E-state index contributed by atoms with van der Waals surface area (Å²) in [6, 6.07) is 17.7. The van der Waals surface area contributed by atoms with Crippen LogP contribution in [0.5, 0.6) is 0 Å². The van der Waals surface area contributed by atoms with E-state index in [9.17, 15) is 9.90 Å². The van der Waals surface area contributed by atoms with Crippen LogP contribution in [0.2, 0.25) is 0 Å². The lowest BCUT2D eigenvalue weighted by Gasteiger charge is -2.36. The topological polar surface area (TPSA) is 62.3 Å². The van der Waals surface area contributed by atoms with Crippen molar-refractivity contribution in [2.75, 3.05) is 6.61 Å². The fourth-order valence-electron chi connectivity index (χ4n) is 3.59. The monoisotopic (exact) mass is 307 g/mol. The van der Waals surface area contributed by atoms with E-state index >= 15 is 0 Å². The number of H-pyrrole nitrogens is 1. The van der Waals surface area contributed by atoms with Crippen molar-refractivity contribution < 1.29 is 14.6 Å². The molecule has 0 aliphatic carbocycles. The van der Waals surface area contributed by atoms with Crippen molar-refractivity contribution in [3.8, 4) is 0 Å². The number of rotatable bonds is 3. The van der Waals surface area contributed by atoms with Gasteiger partial charge < -0.3 is 14.8 Å². The van der Waals surface area contributed by atoms with Gasteiger partial charge in [0.2, 0.25) is 0 Å². The lowest BCUT2D eigenvalue weighted by Crippen LogP contribution is -2.39. The molecule has 23 heavy (non-hydrogen) atoms. The molecule has 2 N–H and O–H groups in total. The number of hydrogen-bond acceptors (Lipinski definition) is 2. The van der Waals surface area contributed by atoms with Gasteiger partial charge in [-0.1, -0.05) is 48.5 Å². The number of carboxylic acids is 1. The summed E-state index contributed by atoms with van der Waals surface area (Å²) in [4.78, 5) is 15.0. The molecule has 4 rings (SSSR count). The third-order valence-corrected chi connectivity index (χ3v) is 4.56. The summed E-state index contributed by atoms with van der Waals surface area (Å²) in [5.74, 6) is -0.875. The van der Waals surface area contributed by atoms with Crippen LogP contribution in [0.3, 0.4) is 0 Å². The molecule has 4 nitrogen and oxygen atoms in total. The predicted octanol–water partition coefficient (Wildman–Crippen LogP) is 3.46. The van der Waals surface area contributed by atoms with Crippen LogP contribution in [0.1, 0.15) is 23.2 Å². The van der Waals surface area contributed by atoms with E-state index in [1.807, 2.05) is 48.5 Å². The molecule has 1 aliphatic heterocycles. The summed E-state index contributed by atoms with van der Waals surface area (Å²) in [5, 5.41) is 10.6. The van der Waals surface area contributed by atoms with Crippen LogP contribution in [-0.2, 0) is 21.6 Å². The fraction of sp³-hybridized carbons (Fsp3) is 0.211. The average molecular weight is 307 g/mol. The largest absolute Gasteiger partial charge is 0.481 e. The van der Waals surface area contributed by atoms with Crippen LogP contribution >= 0.6 is 0 Å². The maximum Gasteiger partial charge on any atom is 0.307 e. The second-order valence-corrected chi connectivity index (χ2v) is 5.89. The Morgan fingerprint density at radius 3 is 2.65 bits per heavy atom. The number of benzene rings is 2. The van der Waals surface area contributed by atoms with E-state index < -0.39 is 11.6 Å². The van der Waals surface area contributed by atoms with Crippen molar-refractivity contribution in [3.63, 3.8) is 0 Å². The van der Waals surface area contributed by atoms with Crippen LogP contribution in [0.25, 0.3) is 10.9 Å². The Morgan fingerprint density at radius 1 is 1.13 bits per heavy atom. The Hall–Kier alpha value is -2.59. The first kappa shape index (κ1) is 14.0. The van der Waals surface area contributed by atoms with Gasteiger partial charge in [0.15, 0.2) is 0 Å². The molecule has 0 fully saturated rings. The molecule has 0 saturated heterocycles. The van der Waals surface area contributed by atoms with Gasteiger partial charge in [0.1, 0.15) is 5.60 Å². The van der Waals surface area contributed by atoms with Crippen molar-refractivity contribution in [3.05, 3.63) is 71.4 Å². The molecule has 1 unspecified atom stereocenters. The molecule has 0 saturated carbocycles. The van der Waals surface area contributed by atoms with E-state index in [2.05, 4.69) is 11.1 Å². The van der Waals surface area contributed by atoms with Gasteiger partial charge >= 0.3 is 5.97 Å². The summed E-state index contributed by atoms with van der Waals surface area (Å²) in [6.45, 7) is 0.511. The maximum atomic E-state index is 11.6. The Balaban J connectivity index is 2.00. The highest BCUT2D eigenvalue weighted by molar-refractivity contribution is 5.86. The Bertz CT molecular complexity index is 869. The molecule has 1 aliphatic rings. The fourth-order valence-corrected chi connectivity index (χ4v) is 3.59. The minimum absolute atomic E-state index is 0.100. The summed E-state index contributed by atoms with van der Waals surface area (Å²) in [7, 11) is 0. The molecular weight excluding hydrogens is 290 g/mol. The Labute approximate surface area is 133 Å². The second-order valence-electron chi connectivity index (χ2n) is 5.89. The van der Waals surface area contributed by atoms with Crippen LogP contribution in [-0.4, -0.2) is 22.7 Å². The molecule has 116 valence electrons. The lowest BCUT2D eigenvalue weighted by atomic mass is 9.82. The normalized spacial score (nSPS) is 20.3. The first-order valence-electron chi connectivity index (χ1n) is 7.72. The van der Waals surface area contributed by atoms with E-state index in [1.165, 1.54) is 0 Å². The number of nitrogens with one attached hydrogen (secondary N) is 1. The number of ether oxygens (including phenoxy) is 1. The maximum absolute atomic E-state index is 11.6. The van der Waals surface area contributed by atoms with E-state index in [0.29, 0.717) is 6.61 Å². The molecule has 0 radical (unpaired) electrons. The molecule has 0 bridgehead atoms. The van der Waals surface area contributed by atoms with E-state index in [1.54, 1.807) is 0 Å². The van der Waals surface area contributed by atoms with E-state index in [0.717, 1.165) is 34.1 Å². The van der Waals surface area contributed by atoms with Gasteiger partial charge in [0, 0.05) is 10.9 Å². The number of carbonyl (C=O) groups is 1. The quantitative estimate of drug-likeness (QED) is 0.779. The smallest absolute Gasteiger partial charge is 0.307 e. The SMILES string of the molecule is O=C(O)CC1(c2ccccc2)OCCc2c1[nH]c1ccccc21. The van der Waals surface area contributed by atoms with Crippen LogP contribution in [0.15, 0.2) is 54.6 Å². The molecular formula is C19H17NO3. The first-order valence-corrected chi connectivity index (χ1v) is 7.72. The number of para-hydroxylation sites is 1. The highest BCUT2D eigenvalue weighted by Crippen LogP contribution is 2.43. The third kappa shape index (κ3) is 2.14. The van der Waals surface area contributed by atoms with Crippen molar-refractivity contribution in [1.29, 1.82) is 0 Å². The minimum Gasteiger partial charge on any atom is -0.481 e. The molecule has 0 amide bonds. The summed E-state index contributed by atoms with van der Waals surface area (Å²) < 4.78 is 6.11. The number of hydrogen-bond donors (Lipinski definition) is 2. The number of aromatic nitrogens is 1. The zero-order chi connectivity index (χ0) is 15.9. The predicted molar refractivity (Wildman–Crippen MR) is 87.4 cm³/mol. The van der Waals surface area contributed by atoms with Gasteiger partial charge in [-0.3, -0.25) is 4.79 Å². The van der Waals surface area contributed by atoms with Crippen molar-refractivity contribution in [2.24, 2.45) is 0 Å². The van der Waals surface area contributed by atoms with Gasteiger partial charge in [0.25, 0.3) is 0 Å². The van der Waals surface area contributed by atoms with Crippen molar-refractivity contribution >= 4 is 16.9 Å².